The van der Waals surface area contributed by atoms with E-state index in [1.165, 1.54) is 5.69 Å². The number of nitrogens with one attached hydrogen (secondary N) is 1. The third-order valence-corrected chi connectivity index (χ3v) is 7.11. The van der Waals surface area contributed by atoms with Gasteiger partial charge < -0.3 is 19.8 Å². The van der Waals surface area contributed by atoms with Gasteiger partial charge in [0.05, 0.1) is 5.69 Å². The first-order chi connectivity index (χ1) is 15.6. The summed E-state index contributed by atoms with van der Waals surface area (Å²) in [6, 6.07) is 9.06. The molecule has 176 valence electrons. The van der Waals surface area contributed by atoms with Gasteiger partial charge in [-0.3, -0.25) is 14.6 Å². The van der Waals surface area contributed by atoms with E-state index in [9.17, 15) is 19.8 Å². The predicted molar refractivity (Wildman–Crippen MR) is 129 cm³/mol. The van der Waals surface area contributed by atoms with E-state index in [0.717, 1.165) is 36.1 Å². The van der Waals surface area contributed by atoms with Crippen LogP contribution in [0.4, 0.5) is 0 Å². The highest BCUT2D eigenvalue weighted by atomic mass is 16.4. The smallest absolute Gasteiger partial charge is 0.345 e. The quantitative estimate of drug-likeness (QED) is 0.550. The fraction of sp³-hybridized carbons (Fsp3) is 0.440. The largest absolute Gasteiger partial charge is 0.506 e. The molecule has 1 aliphatic rings. The number of aromatic hydroxyl groups is 1. The van der Waals surface area contributed by atoms with Crippen LogP contribution in [0.15, 0.2) is 29.1 Å². The number of nitrogens with zero attached hydrogens (tertiary/aromatic N) is 3. The fourth-order valence-electron chi connectivity index (χ4n) is 5.00. The van der Waals surface area contributed by atoms with Crippen LogP contribution in [-0.4, -0.2) is 67.8 Å². The molecule has 3 heterocycles. The zero-order chi connectivity index (χ0) is 24.0. The number of rotatable bonds is 5. The van der Waals surface area contributed by atoms with Crippen LogP contribution in [0, 0.1) is 0 Å². The Morgan fingerprint density at radius 2 is 1.82 bits per heavy atom. The number of piperazine rings is 1. The molecule has 3 N–H and O–H groups in total. The molecule has 0 amide bonds. The number of aromatic carboxylic acids is 1. The van der Waals surface area contributed by atoms with E-state index in [2.05, 4.69) is 53.4 Å². The molecule has 0 aliphatic carbocycles. The zero-order valence-corrected chi connectivity index (χ0v) is 19.8. The van der Waals surface area contributed by atoms with Crippen LogP contribution in [0.5, 0.6) is 5.75 Å². The number of benzene rings is 1. The van der Waals surface area contributed by atoms with Crippen LogP contribution in [0.2, 0.25) is 0 Å². The number of aryl methyl sites for hydroxylation is 1. The van der Waals surface area contributed by atoms with Crippen molar-refractivity contribution in [2.75, 3.05) is 20.1 Å². The van der Waals surface area contributed by atoms with E-state index < -0.39 is 22.8 Å². The van der Waals surface area contributed by atoms with Crippen LogP contribution in [0.25, 0.3) is 22.2 Å². The van der Waals surface area contributed by atoms with Gasteiger partial charge in [0, 0.05) is 60.9 Å². The molecule has 0 spiro atoms. The molecule has 8 heteroatoms. The third kappa shape index (κ3) is 4.05. The molecular formula is C25H32N4O4. The molecule has 2 aromatic heterocycles. The highest BCUT2D eigenvalue weighted by Crippen LogP contribution is 2.32. The standard InChI is InChI=1S/C25H32N4O4/c1-6-19-22(26-24(31)21(23(19)30)25(32)33)16-7-8-20-17(9-16)10-18(28(20)5)13-29-11-14(2)27(4)15(3)12-29/h7-10,14-15H,6,11-13H2,1-5H3,(H,32,33)(H2,26,30,31). The number of pyridine rings is 1. The van der Waals surface area contributed by atoms with Crippen LogP contribution >= 0.6 is 0 Å². The summed E-state index contributed by atoms with van der Waals surface area (Å²) < 4.78 is 2.20. The zero-order valence-electron chi connectivity index (χ0n) is 19.8. The monoisotopic (exact) mass is 452 g/mol. The summed E-state index contributed by atoms with van der Waals surface area (Å²) in [5.74, 6) is -1.90. The lowest BCUT2D eigenvalue weighted by atomic mass is 9.99. The van der Waals surface area contributed by atoms with Crippen molar-refractivity contribution in [1.82, 2.24) is 19.4 Å². The lowest BCUT2D eigenvalue weighted by Gasteiger charge is -2.42. The molecule has 1 aliphatic heterocycles. The maximum atomic E-state index is 12.4. The molecule has 3 aromatic rings. The summed E-state index contributed by atoms with van der Waals surface area (Å²) in [5.41, 5.74) is 2.48. The first-order valence-corrected chi connectivity index (χ1v) is 11.4. The molecular weight excluding hydrogens is 420 g/mol. The van der Waals surface area contributed by atoms with Crippen molar-refractivity contribution in [2.45, 2.75) is 45.8 Å². The number of carboxylic acids is 1. The van der Waals surface area contributed by atoms with Gasteiger partial charge in [-0.15, -0.1) is 0 Å². The SMILES string of the molecule is CCc1c(-c2ccc3c(c2)cc(CN2CC(C)N(C)C(C)C2)n3C)[nH]c(=O)c(C(=O)O)c1O. The number of aromatic nitrogens is 2. The first-order valence-electron chi connectivity index (χ1n) is 11.4. The number of carboxylic acid groups (broad SMARTS) is 1. The van der Waals surface area contributed by atoms with Crippen molar-refractivity contribution in [2.24, 2.45) is 7.05 Å². The molecule has 2 unspecified atom stereocenters. The molecule has 0 radical (unpaired) electrons. The van der Waals surface area contributed by atoms with Crippen LogP contribution < -0.4 is 5.56 Å². The lowest BCUT2D eigenvalue weighted by molar-refractivity contribution is 0.0545. The Morgan fingerprint density at radius 1 is 1.15 bits per heavy atom. The van der Waals surface area contributed by atoms with Gasteiger partial charge in [-0.2, -0.15) is 0 Å². The van der Waals surface area contributed by atoms with Gasteiger partial charge in [0.25, 0.3) is 5.56 Å². The molecule has 0 bridgehead atoms. The molecule has 1 aromatic carbocycles. The van der Waals surface area contributed by atoms with Crippen molar-refractivity contribution in [3.8, 4) is 17.0 Å². The Labute approximate surface area is 193 Å². The van der Waals surface area contributed by atoms with Crippen molar-refractivity contribution in [3.05, 3.63) is 51.4 Å². The second-order valence-electron chi connectivity index (χ2n) is 9.22. The van der Waals surface area contributed by atoms with Crippen molar-refractivity contribution < 1.29 is 15.0 Å². The van der Waals surface area contributed by atoms with Gasteiger partial charge in [-0.05, 0) is 51.1 Å². The van der Waals surface area contributed by atoms with Crippen LogP contribution in [0.3, 0.4) is 0 Å². The number of aromatic amines is 1. The predicted octanol–water partition coefficient (Wildman–Crippen LogP) is 3.02. The van der Waals surface area contributed by atoms with Gasteiger partial charge in [0.2, 0.25) is 0 Å². The number of hydrogen-bond donors (Lipinski definition) is 3. The van der Waals surface area contributed by atoms with E-state index in [1.54, 1.807) is 0 Å². The maximum Gasteiger partial charge on any atom is 0.345 e. The number of carbonyl (C=O) groups is 1. The fourth-order valence-corrected chi connectivity index (χ4v) is 5.00. The molecule has 33 heavy (non-hydrogen) atoms. The second kappa shape index (κ2) is 8.68. The Bertz CT molecular complexity index is 1260. The summed E-state index contributed by atoms with van der Waals surface area (Å²) in [6.07, 6.45) is 0.385. The van der Waals surface area contributed by atoms with E-state index in [1.807, 2.05) is 25.1 Å². The Balaban J connectivity index is 1.72. The van der Waals surface area contributed by atoms with Gasteiger partial charge in [0.1, 0.15) is 5.75 Å². The van der Waals surface area contributed by atoms with E-state index >= 15 is 0 Å². The minimum absolute atomic E-state index is 0.385. The van der Waals surface area contributed by atoms with Gasteiger partial charge >= 0.3 is 5.97 Å². The Hall–Kier alpha value is -3.10. The number of H-pyrrole nitrogens is 1. The van der Waals surface area contributed by atoms with Crippen molar-refractivity contribution in [1.29, 1.82) is 0 Å². The molecule has 2 atom stereocenters. The summed E-state index contributed by atoms with van der Waals surface area (Å²) in [6.45, 7) is 9.23. The summed E-state index contributed by atoms with van der Waals surface area (Å²) in [4.78, 5) is 31.3. The Kier molecular flexibility index (Phi) is 6.07. The number of hydrogen-bond acceptors (Lipinski definition) is 5. The highest BCUT2D eigenvalue weighted by molar-refractivity contribution is 5.92. The first kappa shape index (κ1) is 23.1. The lowest BCUT2D eigenvalue weighted by Crippen LogP contribution is -2.54. The molecule has 1 fully saturated rings. The third-order valence-electron chi connectivity index (χ3n) is 7.11. The molecule has 0 saturated carbocycles. The van der Waals surface area contributed by atoms with Crippen LogP contribution in [0.1, 0.15) is 42.4 Å². The molecule has 1 saturated heterocycles. The Morgan fingerprint density at radius 3 is 2.42 bits per heavy atom. The van der Waals surface area contributed by atoms with Crippen molar-refractivity contribution >= 4 is 16.9 Å². The number of likely N-dealkylation sites (N-methyl/N-ethyl adjacent to an activating group) is 1. The molecule has 4 rings (SSSR count). The van der Waals surface area contributed by atoms with Gasteiger partial charge in [0.15, 0.2) is 5.56 Å². The van der Waals surface area contributed by atoms with Gasteiger partial charge in [-0.25, -0.2) is 4.79 Å². The van der Waals surface area contributed by atoms with E-state index in [4.69, 9.17) is 0 Å². The molecule has 8 nitrogen and oxygen atoms in total. The average molecular weight is 453 g/mol. The summed E-state index contributed by atoms with van der Waals surface area (Å²) in [5, 5.41) is 20.8. The minimum Gasteiger partial charge on any atom is -0.506 e. The van der Waals surface area contributed by atoms with E-state index in [0.29, 0.717) is 29.8 Å². The van der Waals surface area contributed by atoms with Crippen LogP contribution in [-0.2, 0) is 20.0 Å². The normalized spacial score (nSPS) is 19.9. The van der Waals surface area contributed by atoms with Crippen molar-refractivity contribution in [3.63, 3.8) is 0 Å². The topological polar surface area (TPSA) is 102 Å². The summed E-state index contributed by atoms with van der Waals surface area (Å²) >= 11 is 0. The highest BCUT2D eigenvalue weighted by Gasteiger charge is 2.27. The summed E-state index contributed by atoms with van der Waals surface area (Å²) in [7, 11) is 4.24. The maximum absolute atomic E-state index is 12.4. The second-order valence-corrected chi connectivity index (χ2v) is 9.22. The number of fused-ring (bicyclic) bond motifs is 1. The minimum atomic E-state index is -1.44. The average Bonchev–Trinajstić information content (AvgIpc) is 3.06. The van der Waals surface area contributed by atoms with Gasteiger partial charge in [-0.1, -0.05) is 13.0 Å². The van der Waals surface area contributed by atoms with E-state index in [-0.39, 0.29) is 0 Å².